The summed E-state index contributed by atoms with van der Waals surface area (Å²) in [6.07, 6.45) is -2.22. The molecule has 1 aliphatic rings. The number of halogens is 7. The van der Waals surface area contributed by atoms with Crippen molar-refractivity contribution in [2.75, 3.05) is 33.8 Å². The molecule has 10 nitrogen and oxygen atoms in total. The van der Waals surface area contributed by atoms with E-state index < -0.39 is 35.3 Å². The van der Waals surface area contributed by atoms with Gasteiger partial charge in [0.25, 0.3) is 5.91 Å². The van der Waals surface area contributed by atoms with Crippen LogP contribution in [0.3, 0.4) is 0 Å². The van der Waals surface area contributed by atoms with Gasteiger partial charge in [0.05, 0.1) is 44.2 Å². The minimum atomic E-state index is -5.19. The third-order valence-electron chi connectivity index (χ3n) is 9.19. The second-order valence-corrected chi connectivity index (χ2v) is 15.3. The van der Waals surface area contributed by atoms with Crippen LogP contribution >= 0.6 is 35.0 Å². The predicted octanol–water partition coefficient (Wildman–Crippen LogP) is 6.81. The number of rotatable bonds is 11. The zero-order valence-electron chi connectivity index (χ0n) is 30.0. The number of nitrogens with zero attached hydrogens (tertiary/aromatic N) is 3. The molecule has 3 aromatic carbocycles. The van der Waals surface area contributed by atoms with Crippen LogP contribution < -0.4 is 15.2 Å². The van der Waals surface area contributed by atoms with Gasteiger partial charge in [-0.1, -0.05) is 54.9 Å². The van der Waals surface area contributed by atoms with E-state index in [9.17, 15) is 32.3 Å². The van der Waals surface area contributed by atoms with Crippen molar-refractivity contribution in [3.8, 4) is 11.4 Å². The Morgan fingerprint density at radius 1 is 1.04 bits per heavy atom. The van der Waals surface area contributed by atoms with Gasteiger partial charge in [0.2, 0.25) is 0 Å². The van der Waals surface area contributed by atoms with E-state index in [4.69, 9.17) is 37.8 Å². The molecule has 0 spiro atoms. The second-order valence-electron chi connectivity index (χ2n) is 13.6. The average Bonchev–Trinajstić information content (AvgIpc) is 3.53. The largest absolute Gasteiger partial charge is 0.542 e. The van der Waals surface area contributed by atoms with E-state index in [-0.39, 0.29) is 40.3 Å². The number of likely N-dealkylation sites (tertiary alicyclic amines) is 1. The Morgan fingerprint density at radius 3 is 2.20 bits per heavy atom. The van der Waals surface area contributed by atoms with Crippen LogP contribution in [0, 0.1) is 11.6 Å². The highest BCUT2D eigenvalue weighted by atomic mass is 35.5. The molecule has 1 aromatic heterocycles. The molecule has 0 bridgehead atoms. The summed E-state index contributed by atoms with van der Waals surface area (Å²) in [5.74, 6) is -4.66. The van der Waals surface area contributed by atoms with Gasteiger partial charge in [-0.25, -0.2) is 18.6 Å². The van der Waals surface area contributed by atoms with Gasteiger partial charge in [-0.05, 0) is 54.1 Å². The lowest BCUT2D eigenvalue weighted by Gasteiger charge is -2.39. The third kappa shape index (κ3) is 10.9. The van der Waals surface area contributed by atoms with Gasteiger partial charge < -0.3 is 29.5 Å². The van der Waals surface area contributed by atoms with Gasteiger partial charge in [0.1, 0.15) is 23.4 Å². The number of nitrogens with one attached hydrogen (secondary N) is 1. The van der Waals surface area contributed by atoms with Crippen LogP contribution in [0.15, 0.2) is 66.0 Å². The number of alkyl halides is 3. The average molecular weight is 832 g/mol. The molecule has 0 radical (unpaired) electrons. The van der Waals surface area contributed by atoms with Crippen molar-refractivity contribution in [3.63, 3.8) is 0 Å². The zero-order chi connectivity index (χ0) is 40.9. The number of likely N-dealkylation sites (N-methyl/N-ethyl adjacent to an activating group) is 1. The third-order valence-corrected chi connectivity index (χ3v) is 10.8. The number of carboxylic acid groups (broad SMARTS) is 2. The Hall–Kier alpha value is -4.38. The predicted molar refractivity (Wildman–Crippen MR) is 195 cm³/mol. The van der Waals surface area contributed by atoms with Crippen LogP contribution in [0.2, 0.25) is 10.0 Å². The molecule has 2 N–H and O–H groups in total. The van der Waals surface area contributed by atoms with Crippen molar-refractivity contribution in [1.82, 2.24) is 14.9 Å². The summed E-state index contributed by atoms with van der Waals surface area (Å²) in [6, 6.07) is 14.1. The van der Waals surface area contributed by atoms with E-state index in [1.54, 1.807) is 31.5 Å². The Balaban J connectivity index is 0.000000876. The SMILES string of the molecule is COc1cc(C(C)(C)c2cnc(SCc3c(F)cc(C(=O)NC4CC[N+](C)(CC(=O)O)CC4)cc3Cl)n2-c2ccc(F)cc2)ccc1Cl.O=C([O-])C(F)(F)F. The van der Waals surface area contributed by atoms with Crippen LogP contribution in [-0.4, -0.2) is 83.0 Å². The summed E-state index contributed by atoms with van der Waals surface area (Å²) in [4.78, 5) is 37.7. The molecule has 1 amide bonds. The van der Waals surface area contributed by atoms with Crippen molar-refractivity contribution in [2.24, 2.45) is 0 Å². The second kappa shape index (κ2) is 17.6. The first-order valence-electron chi connectivity index (χ1n) is 16.6. The Labute approximate surface area is 327 Å². The summed E-state index contributed by atoms with van der Waals surface area (Å²) in [5.41, 5.74) is 2.09. The molecule has 5 rings (SSSR count). The summed E-state index contributed by atoms with van der Waals surface area (Å²) < 4.78 is 68.8. The van der Waals surface area contributed by atoms with Gasteiger partial charge in [0, 0.05) is 51.9 Å². The van der Waals surface area contributed by atoms with Crippen LogP contribution in [0.5, 0.6) is 5.75 Å². The van der Waals surface area contributed by atoms with Crippen molar-refractivity contribution in [3.05, 3.63) is 105 Å². The summed E-state index contributed by atoms with van der Waals surface area (Å²) in [6.45, 7) is 5.32. The molecule has 0 unspecified atom stereocenters. The first kappa shape index (κ1) is 43.3. The van der Waals surface area contributed by atoms with E-state index in [0.29, 0.717) is 52.0 Å². The monoisotopic (exact) mass is 830 g/mol. The smallest absolute Gasteiger partial charge is 0.430 e. The fourth-order valence-electron chi connectivity index (χ4n) is 6.01. The minimum absolute atomic E-state index is 0.0295. The number of benzene rings is 3. The summed E-state index contributed by atoms with van der Waals surface area (Å²) >= 11 is 14.1. The van der Waals surface area contributed by atoms with Crippen molar-refractivity contribution < 1.29 is 55.8 Å². The molecule has 2 heterocycles. The lowest BCUT2D eigenvalue weighted by Crippen LogP contribution is -2.56. The van der Waals surface area contributed by atoms with Gasteiger partial charge in [-0.15, -0.1) is 0 Å². The van der Waals surface area contributed by atoms with E-state index in [1.807, 2.05) is 37.6 Å². The number of carbonyl (C=O) groups excluding carboxylic acids is 2. The van der Waals surface area contributed by atoms with E-state index in [0.717, 1.165) is 11.3 Å². The number of carbonyl (C=O) groups is 3. The summed E-state index contributed by atoms with van der Waals surface area (Å²) in [7, 11) is 3.44. The van der Waals surface area contributed by atoms with Crippen LogP contribution in [0.4, 0.5) is 22.0 Å². The number of aliphatic carboxylic acids is 2. The highest BCUT2D eigenvalue weighted by Crippen LogP contribution is 2.40. The molecule has 55 heavy (non-hydrogen) atoms. The maximum absolute atomic E-state index is 15.5. The highest BCUT2D eigenvalue weighted by Gasteiger charge is 2.34. The van der Waals surface area contributed by atoms with E-state index in [1.165, 1.54) is 36.0 Å². The first-order valence-corrected chi connectivity index (χ1v) is 18.3. The number of carboxylic acids is 2. The van der Waals surface area contributed by atoms with E-state index >= 15 is 4.39 Å². The standard InChI is InChI=1S/C35H36Cl2F2N4O4S.C2HF3O2/c1-35(2,22-5-10-27(36)30(17-22)47-4)31-18-40-34(42(31)25-8-6-23(38)7-9-25)48-20-26-28(37)15-21(16-29(26)39)33(46)41-24-11-13-43(3,14-12-24)19-32(44)45;3-2(4,5)1(6)7/h5-10,15-18,24H,11-14,19-20H2,1-4H3,(H-,41,44,45,46);(H,6,7). The molecular weight excluding hydrogens is 794 g/mol. The molecule has 1 aliphatic heterocycles. The number of methoxy groups -OCH3 is 1. The number of amides is 1. The minimum Gasteiger partial charge on any atom is -0.542 e. The fraction of sp³-hybridized carbons (Fsp3) is 0.351. The molecule has 4 aromatic rings. The number of ether oxygens (including phenoxy) is 1. The van der Waals surface area contributed by atoms with Crippen molar-refractivity contribution >= 4 is 52.8 Å². The van der Waals surface area contributed by atoms with Gasteiger partial charge in [0.15, 0.2) is 11.7 Å². The van der Waals surface area contributed by atoms with Crippen LogP contribution in [0.25, 0.3) is 5.69 Å². The van der Waals surface area contributed by atoms with E-state index in [2.05, 4.69) is 10.3 Å². The number of hydrogen-bond donors (Lipinski definition) is 2. The molecular formula is C37H37Cl2F5N4O6S. The number of hydrogen-bond acceptors (Lipinski definition) is 7. The van der Waals surface area contributed by atoms with Crippen LogP contribution in [-0.2, 0) is 20.8 Å². The quantitative estimate of drug-likeness (QED) is 0.0958. The number of imidazole rings is 1. The maximum Gasteiger partial charge on any atom is 0.430 e. The zero-order valence-corrected chi connectivity index (χ0v) is 32.3. The Bertz CT molecular complexity index is 2010. The van der Waals surface area contributed by atoms with Gasteiger partial charge in [-0.3, -0.25) is 9.36 Å². The lowest BCUT2D eigenvalue weighted by molar-refractivity contribution is -0.907. The fourth-order valence-corrected chi connectivity index (χ4v) is 7.59. The molecule has 0 atom stereocenters. The van der Waals surface area contributed by atoms with Crippen molar-refractivity contribution in [2.45, 2.75) is 55.2 Å². The number of piperidine rings is 1. The molecule has 1 fully saturated rings. The molecule has 0 saturated carbocycles. The molecule has 296 valence electrons. The normalized spacial score (nSPS) is 17.2. The molecule has 0 aliphatic carbocycles. The Kier molecular flexibility index (Phi) is 13.9. The van der Waals surface area contributed by atoms with Crippen LogP contribution in [0.1, 0.15) is 53.9 Å². The maximum atomic E-state index is 15.5. The lowest BCUT2D eigenvalue weighted by atomic mass is 9.81. The van der Waals surface area contributed by atoms with Gasteiger partial charge in [-0.2, -0.15) is 13.2 Å². The topological polar surface area (TPSA) is 134 Å². The number of quaternary nitrogens is 1. The van der Waals surface area contributed by atoms with Crippen molar-refractivity contribution in [1.29, 1.82) is 0 Å². The Morgan fingerprint density at radius 2 is 1.65 bits per heavy atom. The first-order chi connectivity index (χ1) is 25.6. The summed E-state index contributed by atoms with van der Waals surface area (Å²) in [5, 5.41) is 22.0. The number of aromatic nitrogens is 2. The highest BCUT2D eigenvalue weighted by molar-refractivity contribution is 7.98. The molecule has 18 heteroatoms. The van der Waals surface area contributed by atoms with Gasteiger partial charge >= 0.3 is 12.1 Å². The molecule has 1 saturated heterocycles. The number of thioether (sulfide) groups is 1.